The van der Waals surface area contributed by atoms with Gasteiger partial charge in [-0.15, -0.1) is 17.0 Å². The van der Waals surface area contributed by atoms with E-state index in [0.29, 0.717) is 0 Å². The average molecular weight is 406 g/mol. The molecular weight excluding hydrogens is 390 g/mol. The lowest BCUT2D eigenvalue weighted by Gasteiger charge is -2.16. The first-order valence-corrected chi connectivity index (χ1v) is 7.95. The minimum atomic E-state index is -0.405. The second-order valence-corrected chi connectivity index (χ2v) is 6.16. The Bertz CT molecular complexity index is 832. The van der Waals surface area contributed by atoms with Crippen LogP contribution < -0.4 is 5.43 Å². The Labute approximate surface area is 154 Å². The number of benzene rings is 2. The Morgan fingerprint density at radius 1 is 1.12 bits per heavy atom. The molecule has 0 aliphatic carbocycles. The molecule has 0 saturated carbocycles. The van der Waals surface area contributed by atoms with Crippen molar-refractivity contribution in [2.24, 2.45) is 5.10 Å². The van der Waals surface area contributed by atoms with Crippen LogP contribution in [0, 0.1) is 24.0 Å². The molecule has 3 rings (SSSR count). The molecule has 1 N–H and O–H groups in total. The van der Waals surface area contributed by atoms with Crippen LogP contribution in [0.1, 0.15) is 22.3 Å². The van der Waals surface area contributed by atoms with E-state index >= 15 is 0 Å². The van der Waals surface area contributed by atoms with Gasteiger partial charge < -0.3 is 0 Å². The Morgan fingerprint density at radius 2 is 1.83 bits per heavy atom. The van der Waals surface area contributed by atoms with Crippen LogP contribution in [-0.4, -0.2) is 9.97 Å². The predicted molar refractivity (Wildman–Crippen MR) is 105 cm³/mol. The van der Waals surface area contributed by atoms with Gasteiger partial charge in [0.25, 0.3) is 5.69 Å². The van der Waals surface area contributed by atoms with Gasteiger partial charge in [0, 0.05) is 28.7 Å². The Morgan fingerprint density at radius 3 is 2.42 bits per heavy atom. The van der Waals surface area contributed by atoms with Crippen LogP contribution >= 0.6 is 28.7 Å². The van der Waals surface area contributed by atoms with Crippen molar-refractivity contribution in [3.05, 3.63) is 80.2 Å². The highest BCUT2D eigenvalue weighted by Gasteiger charge is 2.14. The van der Waals surface area contributed by atoms with E-state index < -0.39 is 4.92 Å². The lowest BCUT2D eigenvalue weighted by Crippen LogP contribution is -2.13. The van der Waals surface area contributed by atoms with Gasteiger partial charge in [0.2, 0.25) is 0 Å². The lowest BCUT2D eigenvalue weighted by atomic mass is 10.1. The quantitative estimate of drug-likeness (QED) is 0.588. The molecule has 1 heterocycles. The van der Waals surface area contributed by atoms with Crippen LogP contribution in [0.5, 0.6) is 0 Å². The number of thioether (sulfide) groups is 1. The first-order valence-electron chi connectivity index (χ1n) is 7.07. The lowest BCUT2D eigenvalue weighted by molar-refractivity contribution is -0.384. The summed E-state index contributed by atoms with van der Waals surface area (Å²) in [6.45, 7) is 4.12. The number of hydrogen-bond acceptors (Lipinski definition) is 5. The summed E-state index contributed by atoms with van der Waals surface area (Å²) >= 11 is 1.54. The van der Waals surface area contributed by atoms with Crippen LogP contribution in [0.4, 0.5) is 5.69 Å². The summed E-state index contributed by atoms with van der Waals surface area (Å²) in [5.74, 6) is 0. The second kappa shape index (κ2) is 7.63. The molecule has 0 fully saturated rings. The van der Waals surface area contributed by atoms with Crippen molar-refractivity contribution in [1.82, 2.24) is 5.43 Å². The largest absolute Gasteiger partial charge is 0.276 e. The number of non-ortho nitro benzene ring substituents is 1. The molecular formula is C17H16BrN3O2S. The molecule has 0 amide bonds. The van der Waals surface area contributed by atoms with E-state index in [0.717, 1.165) is 21.9 Å². The van der Waals surface area contributed by atoms with Crippen molar-refractivity contribution in [1.29, 1.82) is 0 Å². The topological polar surface area (TPSA) is 67.5 Å². The maximum Gasteiger partial charge on any atom is 0.269 e. The number of aryl methyl sites for hydroxylation is 2. The monoisotopic (exact) mass is 405 g/mol. The van der Waals surface area contributed by atoms with E-state index in [1.807, 2.05) is 5.41 Å². The van der Waals surface area contributed by atoms with Crippen molar-refractivity contribution >= 4 is 45.2 Å². The van der Waals surface area contributed by atoms with Crippen LogP contribution in [0.25, 0.3) is 5.70 Å². The Balaban J connectivity index is 0.00000208. The number of nitro groups is 1. The van der Waals surface area contributed by atoms with Gasteiger partial charge in [-0.3, -0.25) is 15.5 Å². The highest BCUT2D eigenvalue weighted by atomic mass is 79.9. The molecule has 2 aromatic carbocycles. The number of nitrogens with zero attached hydrogens (tertiary/aromatic N) is 2. The first kappa shape index (κ1) is 18.2. The number of nitrogens with one attached hydrogen (secondary N) is 1. The van der Waals surface area contributed by atoms with Crippen LogP contribution in [0.2, 0.25) is 0 Å². The van der Waals surface area contributed by atoms with E-state index in [1.54, 1.807) is 23.9 Å². The van der Waals surface area contributed by atoms with Gasteiger partial charge in [0.1, 0.15) is 5.04 Å². The molecule has 124 valence electrons. The molecule has 5 nitrogen and oxygen atoms in total. The van der Waals surface area contributed by atoms with Crippen molar-refractivity contribution in [2.75, 3.05) is 0 Å². The first-order chi connectivity index (χ1) is 11.0. The fraction of sp³-hybridized carbons (Fsp3) is 0.118. The smallest absolute Gasteiger partial charge is 0.269 e. The molecule has 0 atom stereocenters. The molecule has 0 bridgehead atoms. The van der Waals surface area contributed by atoms with E-state index in [1.165, 1.54) is 23.3 Å². The molecule has 7 heteroatoms. The maximum atomic E-state index is 10.7. The van der Waals surface area contributed by atoms with Crippen LogP contribution in [0.15, 0.2) is 53.0 Å². The minimum absolute atomic E-state index is 0. The molecule has 0 radical (unpaired) electrons. The number of hydrogen-bond donors (Lipinski definition) is 1. The normalized spacial score (nSPS) is 13.2. The SMILES string of the molecule is Br.Cc1ccc(C)c(C2=NNC(c3ccc([N+](=O)[O-])cc3)=CS2)c1. The predicted octanol–water partition coefficient (Wildman–Crippen LogP) is 4.79. The van der Waals surface area contributed by atoms with Crippen molar-refractivity contribution in [3.8, 4) is 0 Å². The molecule has 24 heavy (non-hydrogen) atoms. The third-order valence-electron chi connectivity index (χ3n) is 3.58. The summed E-state index contributed by atoms with van der Waals surface area (Å²) in [5, 5.41) is 18.0. The van der Waals surface area contributed by atoms with Crippen molar-refractivity contribution in [2.45, 2.75) is 13.8 Å². The zero-order chi connectivity index (χ0) is 16.4. The zero-order valence-corrected chi connectivity index (χ0v) is 15.7. The summed E-state index contributed by atoms with van der Waals surface area (Å²) in [5.41, 5.74) is 8.30. The summed E-state index contributed by atoms with van der Waals surface area (Å²) < 4.78 is 0. The number of halogens is 1. The Hall–Kier alpha value is -2.12. The zero-order valence-electron chi connectivity index (χ0n) is 13.1. The van der Waals surface area contributed by atoms with Gasteiger partial charge in [-0.05, 0) is 37.6 Å². The number of hydrazone groups is 1. The fourth-order valence-electron chi connectivity index (χ4n) is 2.26. The van der Waals surface area contributed by atoms with E-state index in [-0.39, 0.29) is 22.7 Å². The van der Waals surface area contributed by atoms with Gasteiger partial charge in [-0.1, -0.05) is 29.5 Å². The fourth-order valence-corrected chi connectivity index (χ4v) is 3.13. The molecule has 2 aromatic rings. The summed E-state index contributed by atoms with van der Waals surface area (Å²) in [6, 6.07) is 12.7. The average Bonchev–Trinajstić information content (AvgIpc) is 2.57. The molecule has 1 aliphatic heterocycles. The van der Waals surface area contributed by atoms with Gasteiger partial charge >= 0.3 is 0 Å². The molecule has 0 aromatic heterocycles. The standard InChI is InChI=1S/C17H15N3O2S.BrH/c1-11-3-4-12(2)15(9-11)17-19-18-16(10-23-17)13-5-7-14(8-6-13)20(21)22;/h3-10,18H,1-2H3;1H. The minimum Gasteiger partial charge on any atom is -0.276 e. The molecule has 1 aliphatic rings. The third kappa shape index (κ3) is 3.85. The second-order valence-electron chi connectivity index (χ2n) is 5.30. The molecule has 0 spiro atoms. The van der Waals surface area contributed by atoms with Crippen LogP contribution in [-0.2, 0) is 0 Å². The van der Waals surface area contributed by atoms with Gasteiger partial charge in [-0.2, -0.15) is 5.10 Å². The van der Waals surface area contributed by atoms with E-state index in [2.05, 4.69) is 42.6 Å². The summed E-state index contributed by atoms with van der Waals surface area (Å²) in [6.07, 6.45) is 0. The van der Waals surface area contributed by atoms with Gasteiger partial charge in [0.05, 0.1) is 10.6 Å². The van der Waals surface area contributed by atoms with Crippen molar-refractivity contribution in [3.63, 3.8) is 0 Å². The van der Waals surface area contributed by atoms with E-state index in [9.17, 15) is 10.1 Å². The highest BCUT2D eigenvalue weighted by molar-refractivity contribution is 8.93. The summed E-state index contributed by atoms with van der Waals surface area (Å²) in [4.78, 5) is 10.3. The molecule has 0 unspecified atom stereocenters. The van der Waals surface area contributed by atoms with E-state index in [4.69, 9.17) is 0 Å². The van der Waals surface area contributed by atoms with Crippen molar-refractivity contribution < 1.29 is 4.92 Å². The third-order valence-corrected chi connectivity index (χ3v) is 4.47. The number of nitro benzene ring substituents is 1. The maximum absolute atomic E-state index is 10.7. The Kier molecular flexibility index (Phi) is 5.80. The highest BCUT2D eigenvalue weighted by Crippen LogP contribution is 2.27. The van der Waals surface area contributed by atoms with Crippen LogP contribution in [0.3, 0.4) is 0 Å². The molecule has 0 saturated heterocycles. The number of rotatable bonds is 3. The van der Waals surface area contributed by atoms with Gasteiger partial charge in [0.15, 0.2) is 0 Å². The summed E-state index contributed by atoms with van der Waals surface area (Å²) in [7, 11) is 0. The van der Waals surface area contributed by atoms with Gasteiger partial charge in [-0.25, -0.2) is 0 Å².